The summed E-state index contributed by atoms with van der Waals surface area (Å²) in [5, 5.41) is 13.9. The molecule has 116 valence electrons. The van der Waals surface area contributed by atoms with Gasteiger partial charge in [0.2, 0.25) is 0 Å². The van der Waals surface area contributed by atoms with Gasteiger partial charge >= 0.3 is 0 Å². The lowest BCUT2D eigenvalue weighted by atomic mass is 10.1. The standard InChI is InChI=1S/C16H13N3O4/c1-17-14-10(5-4-8-13(14)19(22)23)9-18-15(20)11-6-2-3-7-12(11)16(18)21/h2-8,17H,9H2,1H3. The van der Waals surface area contributed by atoms with Crippen LogP contribution in [0.3, 0.4) is 0 Å². The first-order valence-corrected chi connectivity index (χ1v) is 6.94. The normalized spacial score (nSPS) is 13.2. The number of rotatable bonds is 4. The van der Waals surface area contributed by atoms with Crippen LogP contribution in [-0.4, -0.2) is 28.7 Å². The number of hydrogen-bond acceptors (Lipinski definition) is 5. The van der Waals surface area contributed by atoms with E-state index in [-0.39, 0.29) is 24.0 Å². The number of imide groups is 1. The number of nitro groups is 1. The van der Waals surface area contributed by atoms with E-state index >= 15 is 0 Å². The van der Waals surface area contributed by atoms with Crippen molar-refractivity contribution in [2.24, 2.45) is 0 Å². The molecule has 2 aromatic carbocycles. The summed E-state index contributed by atoms with van der Waals surface area (Å²) in [6.07, 6.45) is 0. The van der Waals surface area contributed by atoms with Crippen molar-refractivity contribution in [3.05, 3.63) is 69.3 Å². The summed E-state index contributed by atoms with van der Waals surface area (Å²) in [7, 11) is 1.56. The first-order valence-electron chi connectivity index (χ1n) is 6.94. The predicted molar refractivity (Wildman–Crippen MR) is 83.3 cm³/mol. The van der Waals surface area contributed by atoms with E-state index in [4.69, 9.17) is 0 Å². The maximum absolute atomic E-state index is 12.4. The van der Waals surface area contributed by atoms with Gasteiger partial charge in [-0.15, -0.1) is 0 Å². The van der Waals surface area contributed by atoms with Crippen molar-refractivity contribution in [3.63, 3.8) is 0 Å². The Kier molecular flexibility index (Phi) is 3.53. The number of carbonyl (C=O) groups is 2. The van der Waals surface area contributed by atoms with Gasteiger partial charge in [-0.25, -0.2) is 0 Å². The molecular formula is C16H13N3O4. The van der Waals surface area contributed by atoms with Crippen LogP contribution in [0.5, 0.6) is 0 Å². The van der Waals surface area contributed by atoms with Crippen LogP contribution in [0.2, 0.25) is 0 Å². The molecule has 0 unspecified atom stereocenters. The number of benzene rings is 2. The SMILES string of the molecule is CNc1c(CN2C(=O)c3ccccc3C2=O)cccc1[N+](=O)[O-]. The molecule has 1 aliphatic heterocycles. The maximum Gasteiger partial charge on any atom is 0.292 e. The molecule has 1 N–H and O–H groups in total. The number of anilines is 1. The third kappa shape index (κ3) is 2.32. The number of hydrogen-bond donors (Lipinski definition) is 1. The molecule has 3 rings (SSSR count). The second-order valence-corrected chi connectivity index (χ2v) is 5.06. The molecule has 0 saturated carbocycles. The van der Waals surface area contributed by atoms with E-state index in [0.29, 0.717) is 22.4 Å². The van der Waals surface area contributed by atoms with Crippen LogP contribution in [0.15, 0.2) is 42.5 Å². The summed E-state index contributed by atoms with van der Waals surface area (Å²) in [6, 6.07) is 11.1. The van der Waals surface area contributed by atoms with Gasteiger partial charge in [-0.1, -0.05) is 24.3 Å². The monoisotopic (exact) mass is 311 g/mol. The van der Waals surface area contributed by atoms with Crippen LogP contribution in [-0.2, 0) is 6.54 Å². The van der Waals surface area contributed by atoms with E-state index in [9.17, 15) is 19.7 Å². The number of fused-ring (bicyclic) bond motifs is 1. The van der Waals surface area contributed by atoms with Gasteiger partial charge in [0.15, 0.2) is 0 Å². The van der Waals surface area contributed by atoms with Crippen LogP contribution in [0.4, 0.5) is 11.4 Å². The van der Waals surface area contributed by atoms with Crippen molar-refractivity contribution in [1.82, 2.24) is 4.90 Å². The molecule has 2 aromatic rings. The average Bonchev–Trinajstić information content (AvgIpc) is 2.80. The fourth-order valence-electron chi connectivity index (χ4n) is 2.71. The summed E-state index contributed by atoms with van der Waals surface area (Å²) in [4.78, 5) is 36.5. The van der Waals surface area contributed by atoms with Gasteiger partial charge in [0, 0.05) is 18.7 Å². The lowest BCUT2D eigenvalue weighted by molar-refractivity contribution is -0.384. The summed E-state index contributed by atoms with van der Waals surface area (Å²) < 4.78 is 0. The minimum atomic E-state index is -0.502. The molecule has 7 heteroatoms. The van der Waals surface area contributed by atoms with Gasteiger partial charge in [0.1, 0.15) is 5.69 Å². The second kappa shape index (κ2) is 5.53. The molecule has 1 heterocycles. The number of para-hydroxylation sites is 1. The highest BCUT2D eigenvalue weighted by molar-refractivity contribution is 6.21. The first kappa shape index (κ1) is 14.7. The van der Waals surface area contributed by atoms with Gasteiger partial charge in [-0.05, 0) is 12.1 Å². The zero-order valence-electron chi connectivity index (χ0n) is 12.3. The topological polar surface area (TPSA) is 92.6 Å². The molecule has 23 heavy (non-hydrogen) atoms. The molecule has 1 aliphatic rings. The quantitative estimate of drug-likeness (QED) is 0.532. The number of nitro benzene ring substituents is 1. The highest BCUT2D eigenvalue weighted by Crippen LogP contribution is 2.31. The second-order valence-electron chi connectivity index (χ2n) is 5.06. The third-order valence-electron chi connectivity index (χ3n) is 3.78. The third-order valence-corrected chi connectivity index (χ3v) is 3.78. The number of nitrogens with one attached hydrogen (secondary N) is 1. The lowest BCUT2D eigenvalue weighted by Gasteiger charge is -2.16. The maximum atomic E-state index is 12.4. The summed E-state index contributed by atoms with van der Waals surface area (Å²) in [6.45, 7) is -0.0236. The van der Waals surface area contributed by atoms with Crippen LogP contribution < -0.4 is 5.32 Å². The Bertz CT molecular complexity index is 797. The Hall–Kier alpha value is -3.22. The van der Waals surface area contributed by atoms with Crippen molar-refractivity contribution in [2.45, 2.75) is 6.54 Å². The molecule has 0 aliphatic carbocycles. The summed E-state index contributed by atoms with van der Waals surface area (Å²) >= 11 is 0. The zero-order chi connectivity index (χ0) is 16.6. The molecule has 0 aromatic heterocycles. The first-order chi connectivity index (χ1) is 11.0. The van der Waals surface area contributed by atoms with Gasteiger partial charge in [-0.2, -0.15) is 0 Å². The predicted octanol–water partition coefficient (Wildman–Crippen LogP) is 2.43. The van der Waals surface area contributed by atoms with Crippen molar-refractivity contribution in [3.8, 4) is 0 Å². The van der Waals surface area contributed by atoms with Gasteiger partial charge < -0.3 is 5.32 Å². The molecule has 0 bridgehead atoms. The van der Waals surface area contributed by atoms with E-state index in [0.717, 1.165) is 4.90 Å². The van der Waals surface area contributed by atoms with Crippen LogP contribution >= 0.6 is 0 Å². The fraction of sp³-hybridized carbons (Fsp3) is 0.125. The van der Waals surface area contributed by atoms with Crippen LogP contribution in [0, 0.1) is 10.1 Å². The van der Waals surface area contributed by atoms with Crippen molar-refractivity contribution in [2.75, 3.05) is 12.4 Å². The molecule has 7 nitrogen and oxygen atoms in total. The van der Waals surface area contributed by atoms with Crippen molar-refractivity contribution >= 4 is 23.2 Å². The van der Waals surface area contributed by atoms with Gasteiger partial charge in [-0.3, -0.25) is 24.6 Å². The average molecular weight is 311 g/mol. The van der Waals surface area contributed by atoms with E-state index in [1.54, 1.807) is 37.4 Å². The van der Waals surface area contributed by atoms with E-state index in [2.05, 4.69) is 5.32 Å². The molecule has 0 saturated heterocycles. The molecule has 0 radical (unpaired) electrons. The minimum absolute atomic E-state index is 0.0236. The molecule has 0 spiro atoms. The highest BCUT2D eigenvalue weighted by atomic mass is 16.6. The van der Waals surface area contributed by atoms with E-state index in [1.807, 2.05) is 0 Å². The zero-order valence-corrected chi connectivity index (χ0v) is 12.3. The summed E-state index contributed by atoms with van der Waals surface area (Å²) in [5.41, 5.74) is 1.43. The molecule has 0 fully saturated rings. The molecule has 0 atom stereocenters. The highest BCUT2D eigenvalue weighted by Gasteiger charge is 2.35. The van der Waals surface area contributed by atoms with E-state index in [1.165, 1.54) is 12.1 Å². The lowest BCUT2D eigenvalue weighted by Crippen LogP contribution is -2.29. The number of amides is 2. The molecule has 2 amide bonds. The van der Waals surface area contributed by atoms with E-state index < -0.39 is 4.92 Å². The summed E-state index contributed by atoms with van der Waals surface area (Å²) in [5.74, 6) is -0.779. The Balaban J connectivity index is 1.98. The van der Waals surface area contributed by atoms with Crippen molar-refractivity contribution in [1.29, 1.82) is 0 Å². The Morgan fingerprint density at radius 3 is 2.17 bits per heavy atom. The van der Waals surface area contributed by atoms with Gasteiger partial charge in [0.25, 0.3) is 17.5 Å². The fourth-order valence-corrected chi connectivity index (χ4v) is 2.71. The Labute approximate surface area is 131 Å². The van der Waals surface area contributed by atoms with Crippen LogP contribution in [0.25, 0.3) is 0 Å². The molecular weight excluding hydrogens is 298 g/mol. The van der Waals surface area contributed by atoms with Crippen LogP contribution in [0.1, 0.15) is 26.3 Å². The van der Waals surface area contributed by atoms with Crippen molar-refractivity contribution < 1.29 is 14.5 Å². The Morgan fingerprint density at radius 1 is 1.04 bits per heavy atom. The number of nitrogens with zero attached hydrogens (tertiary/aromatic N) is 2. The Morgan fingerprint density at radius 2 is 1.65 bits per heavy atom. The van der Waals surface area contributed by atoms with Gasteiger partial charge in [0.05, 0.1) is 22.6 Å². The minimum Gasteiger partial charge on any atom is -0.382 e. The smallest absolute Gasteiger partial charge is 0.292 e. The largest absolute Gasteiger partial charge is 0.382 e. The number of carbonyl (C=O) groups excluding carboxylic acids is 2.